The van der Waals surface area contributed by atoms with E-state index in [0.29, 0.717) is 30.2 Å². The van der Waals surface area contributed by atoms with Crippen LogP contribution in [0.2, 0.25) is 0 Å². The van der Waals surface area contributed by atoms with Crippen molar-refractivity contribution in [3.63, 3.8) is 0 Å². The summed E-state index contributed by atoms with van der Waals surface area (Å²) in [5.41, 5.74) is 3.48. The summed E-state index contributed by atoms with van der Waals surface area (Å²) in [7, 11) is 0. The first-order valence-corrected chi connectivity index (χ1v) is 11.0. The van der Waals surface area contributed by atoms with Gasteiger partial charge in [0.25, 0.3) is 0 Å². The Bertz CT molecular complexity index is 716. The second kappa shape index (κ2) is 12.5. The highest BCUT2D eigenvalue weighted by atomic mass is 16.3. The first-order chi connectivity index (χ1) is 13.7. The number of carbonyl (C=O) groups is 2. The zero-order valence-electron chi connectivity index (χ0n) is 19.2. The van der Waals surface area contributed by atoms with Gasteiger partial charge >= 0.3 is 0 Å². The lowest BCUT2D eigenvalue weighted by atomic mass is 9.87. The standard InChI is InChI=1S/C25H39NO3/c1-7-8-9-13-20-22(26-16-18(4)5)23(27)21(25(29)24(20)28)15-14-19(6)12-10-11-17(2)3/h11,14,18,26,29H,7-10,12-13,15-16H2,1-6H3/b19-14+. The van der Waals surface area contributed by atoms with Crippen LogP contribution in [-0.2, 0) is 9.59 Å². The summed E-state index contributed by atoms with van der Waals surface area (Å²) in [5.74, 6) is -0.646. The van der Waals surface area contributed by atoms with Crippen LogP contribution in [0.4, 0.5) is 0 Å². The molecule has 0 spiro atoms. The molecule has 162 valence electrons. The molecule has 1 rings (SSSR count). The van der Waals surface area contributed by atoms with Crippen LogP contribution in [0.25, 0.3) is 0 Å². The summed E-state index contributed by atoms with van der Waals surface area (Å²) in [6.45, 7) is 13.0. The van der Waals surface area contributed by atoms with Gasteiger partial charge in [-0.2, -0.15) is 0 Å². The molecule has 0 heterocycles. The molecule has 4 heteroatoms. The maximum Gasteiger partial charge on any atom is 0.225 e. The van der Waals surface area contributed by atoms with Gasteiger partial charge < -0.3 is 10.4 Å². The second-order valence-corrected chi connectivity index (χ2v) is 8.65. The summed E-state index contributed by atoms with van der Waals surface area (Å²) in [6, 6.07) is 0. The monoisotopic (exact) mass is 401 g/mol. The van der Waals surface area contributed by atoms with Crippen molar-refractivity contribution in [2.45, 2.75) is 86.5 Å². The van der Waals surface area contributed by atoms with Gasteiger partial charge in [0.15, 0.2) is 5.76 Å². The molecule has 1 aliphatic rings. The fourth-order valence-corrected chi connectivity index (χ4v) is 3.23. The van der Waals surface area contributed by atoms with Crippen molar-refractivity contribution in [3.8, 4) is 0 Å². The number of hydrogen-bond acceptors (Lipinski definition) is 4. The van der Waals surface area contributed by atoms with E-state index in [1.54, 1.807) is 0 Å². The minimum absolute atomic E-state index is 0.210. The van der Waals surface area contributed by atoms with E-state index < -0.39 is 5.78 Å². The predicted octanol–water partition coefficient (Wildman–Crippen LogP) is 6.11. The molecule has 0 aromatic carbocycles. The molecular weight excluding hydrogens is 362 g/mol. The maximum absolute atomic E-state index is 13.1. The molecule has 0 fully saturated rings. The first kappa shape index (κ1) is 24.9. The van der Waals surface area contributed by atoms with Crippen LogP contribution in [-0.4, -0.2) is 23.2 Å². The van der Waals surface area contributed by atoms with Gasteiger partial charge in [-0.25, -0.2) is 0 Å². The van der Waals surface area contributed by atoms with Gasteiger partial charge in [0.05, 0.1) is 11.3 Å². The summed E-state index contributed by atoms with van der Waals surface area (Å²) in [5, 5.41) is 13.7. The zero-order valence-corrected chi connectivity index (χ0v) is 19.2. The molecule has 4 nitrogen and oxygen atoms in total. The molecule has 2 N–H and O–H groups in total. The quantitative estimate of drug-likeness (QED) is 0.235. The predicted molar refractivity (Wildman–Crippen MR) is 121 cm³/mol. The lowest BCUT2D eigenvalue weighted by Gasteiger charge is -2.23. The number of nitrogens with one attached hydrogen (secondary N) is 1. The Hall–Kier alpha value is -2.10. The van der Waals surface area contributed by atoms with Crippen LogP contribution in [0.5, 0.6) is 0 Å². The number of ketones is 2. The van der Waals surface area contributed by atoms with E-state index in [1.165, 1.54) is 5.57 Å². The Kier molecular flexibility index (Phi) is 10.7. The second-order valence-electron chi connectivity index (χ2n) is 8.65. The van der Waals surface area contributed by atoms with Gasteiger partial charge in [0, 0.05) is 12.1 Å². The van der Waals surface area contributed by atoms with Gasteiger partial charge in [-0.1, -0.05) is 56.9 Å². The summed E-state index contributed by atoms with van der Waals surface area (Å²) < 4.78 is 0. The SMILES string of the molecule is CCCCCC1=C(NCC(C)C)C(=O)C(C/C=C(\C)CCC=C(C)C)=C(O)C1=O. The highest BCUT2D eigenvalue weighted by Gasteiger charge is 2.33. The average Bonchev–Trinajstić information content (AvgIpc) is 2.64. The molecule has 29 heavy (non-hydrogen) atoms. The van der Waals surface area contributed by atoms with Crippen molar-refractivity contribution in [2.24, 2.45) is 5.92 Å². The smallest absolute Gasteiger partial charge is 0.225 e. The molecule has 0 aromatic heterocycles. The summed E-state index contributed by atoms with van der Waals surface area (Å²) >= 11 is 0. The van der Waals surface area contributed by atoms with Crippen LogP contribution < -0.4 is 5.32 Å². The molecule has 0 amide bonds. The Morgan fingerprint density at radius 1 is 1.03 bits per heavy atom. The van der Waals surface area contributed by atoms with Crippen LogP contribution in [0.15, 0.2) is 45.9 Å². The number of unbranched alkanes of at least 4 members (excludes halogenated alkanes) is 2. The topological polar surface area (TPSA) is 66.4 Å². The van der Waals surface area contributed by atoms with E-state index in [9.17, 15) is 14.7 Å². The molecule has 1 aliphatic carbocycles. The van der Waals surface area contributed by atoms with Crippen LogP contribution >= 0.6 is 0 Å². The van der Waals surface area contributed by atoms with Crippen molar-refractivity contribution in [1.29, 1.82) is 0 Å². The highest BCUT2D eigenvalue weighted by molar-refractivity contribution is 6.24. The lowest BCUT2D eigenvalue weighted by molar-refractivity contribution is -0.118. The van der Waals surface area contributed by atoms with E-state index in [2.05, 4.69) is 46.0 Å². The molecule has 0 bridgehead atoms. The van der Waals surface area contributed by atoms with Crippen molar-refractivity contribution < 1.29 is 14.7 Å². The van der Waals surface area contributed by atoms with Gasteiger partial charge in [-0.05, 0) is 58.8 Å². The van der Waals surface area contributed by atoms with Gasteiger partial charge in [0.1, 0.15) is 0 Å². The third-order valence-electron chi connectivity index (χ3n) is 5.04. The van der Waals surface area contributed by atoms with Crippen molar-refractivity contribution in [3.05, 3.63) is 45.9 Å². The minimum atomic E-state index is -0.391. The fraction of sp³-hybridized carbons (Fsp3) is 0.600. The minimum Gasteiger partial charge on any atom is -0.504 e. The zero-order chi connectivity index (χ0) is 22.0. The van der Waals surface area contributed by atoms with E-state index in [0.717, 1.165) is 37.7 Å². The van der Waals surface area contributed by atoms with Crippen LogP contribution in [0, 0.1) is 5.92 Å². The summed E-state index contributed by atoms with van der Waals surface area (Å²) in [6.07, 6.45) is 9.66. The van der Waals surface area contributed by atoms with Gasteiger partial charge in [-0.3, -0.25) is 9.59 Å². The number of aliphatic hydroxyl groups is 1. The molecule has 0 atom stereocenters. The van der Waals surface area contributed by atoms with Gasteiger partial charge in [0.2, 0.25) is 11.6 Å². The molecular formula is C25H39NO3. The third-order valence-corrected chi connectivity index (χ3v) is 5.04. The largest absolute Gasteiger partial charge is 0.504 e. The molecule has 0 saturated carbocycles. The number of Topliss-reactive ketones (excluding diaryl/α,β-unsaturated/α-hetero) is 2. The maximum atomic E-state index is 13.1. The van der Waals surface area contributed by atoms with Crippen molar-refractivity contribution >= 4 is 11.6 Å². The first-order valence-electron chi connectivity index (χ1n) is 11.0. The Morgan fingerprint density at radius 2 is 1.72 bits per heavy atom. The van der Waals surface area contributed by atoms with Gasteiger partial charge in [-0.15, -0.1) is 0 Å². The van der Waals surface area contributed by atoms with E-state index in [1.807, 2.05) is 13.0 Å². The number of rotatable bonds is 12. The molecule has 0 aromatic rings. The molecule has 0 aliphatic heterocycles. The summed E-state index contributed by atoms with van der Waals surface area (Å²) in [4.78, 5) is 26.0. The fourth-order valence-electron chi connectivity index (χ4n) is 3.23. The van der Waals surface area contributed by atoms with Crippen molar-refractivity contribution in [2.75, 3.05) is 6.54 Å². The number of allylic oxidation sites excluding steroid dienone is 6. The van der Waals surface area contributed by atoms with Crippen LogP contribution in [0.3, 0.4) is 0 Å². The highest BCUT2D eigenvalue weighted by Crippen LogP contribution is 2.28. The molecule has 0 unspecified atom stereocenters. The number of aliphatic hydroxyl groups excluding tert-OH is 1. The Balaban J connectivity index is 3.04. The normalized spacial score (nSPS) is 15.5. The number of carbonyl (C=O) groups excluding carboxylic acids is 2. The lowest BCUT2D eigenvalue weighted by Crippen LogP contribution is -2.33. The van der Waals surface area contributed by atoms with E-state index in [4.69, 9.17) is 0 Å². The van der Waals surface area contributed by atoms with Crippen LogP contribution in [0.1, 0.15) is 86.5 Å². The Labute approximate surface area is 176 Å². The molecule has 0 radical (unpaired) electrons. The number of hydrogen-bond donors (Lipinski definition) is 2. The van der Waals surface area contributed by atoms with E-state index >= 15 is 0 Å². The Morgan fingerprint density at radius 3 is 2.31 bits per heavy atom. The molecule has 0 saturated heterocycles. The third kappa shape index (κ3) is 8.04. The van der Waals surface area contributed by atoms with E-state index in [-0.39, 0.29) is 23.5 Å². The van der Waals surface area contributed by atoms with Crippen molar-refractivity contribution in [1.82, 2.24) is 5.32 Å². The average molecular weight is 402 g/mol.